The zero-order valence-electron chi connectivity index (χ0n) is 54.8. The van der Waals surface area contributed by atoms with Crippen LogP contribution >= 0.6 is 68.8 Å². The fraction of sp³-hybridized carbons (Fsp3) is 0.606. The summed E-state index contributed by atoms with van der Waals surface area (Å²) < 4.78 is 103. The van der Waals surface area contributed by atoms with Crippen molar-refractivity contribution in [2.45, 2.75) is 254 Å². The first-order chi connectivity index (χ1) is 41.0. The van der Waals surface area contributed by atoms with Crippen molar-refractivity contribution in [3.63, 3.8) is 0 Å². The number of hydrogen-bond donors (Lipinski definition) is 0. The van der Waals surface area contributed by atoms with E-state index in [0.717, 1.165) is 110 Å². The Bertz CT molecular complexity index is 3770. The minimum absolute atomic E-state index is 0.0727. The summed E-state index contributed by atoms with van der Waals surface area (Å²) in [5, 5.41) is 0. The summed E-state index contributed by atoms with van der Waals surface area (Å²) in [6.07, 6.45) is 14.1. The second-order valence-electron chi connectivity index (χ2n) is 29.1. The highest BCUT2D eigenvalue weighted by Crippen LogP contribution is 2.61. The molecule has 2 aliphatic rings. The standard InChI is InChI=1S/C71H92F4N4O2S6/c1-19-66(11,12)48-35-45-65(84-48)63-43(71(81-45,31-29-40(9)27-23-25-38(5)6)32-30-41(10)28-24-26-39(7)8)34-47(83-63)51-55(73)57(75)53(61-59(51)77-87-79-61)70(18,22-4)37-69(17,21-3)49-36-44-64(85-49)62-42(68(15,16)80-44)33-46(82-62)50-54(72)56(74)52(67(13,14)20-2)60-58(50)76-86-78-60/h33-36,38-41H,19-32,37H2,1-18H3. The van der Waals surface area contributed by atoms with E-state index in [1.165, 1.54) is 41.9 Å². The first-order valence-electron chi connectivity index (χ1n) is 32.2. The molecule has 8 aromatic rings. The number of thiophene rings is 4. The van der Waals surface area contributed by atoms with Crippen LogP contribution in [0.2, 0.25) is 0 Å². The molecule has 0 fully saturated rings. The van der Waals surface area contributed by atoms with E-state index in [4.69, 9.17) is 18.2 Å². The molecule has 8 heterocycles. The van der Waals surface area contributed by atoms with E-state index in [1.807, 2.05) is 40.7 Å². The molecule has 2 aromatic carbocycles. The number of hydrogen-bond acceptors (Lipinski definition) is 12. The third kappa shape index (κ3) is 12.2. The highest BCUT2D eigenvalue weighted by molar-refractivity contribution is 7.25. The third-order valence-corrected chi connectivity index (χ3v) is 27.0. The number of aromatic nitrogens is 4. The lowest BCUT2D eigenvalue weighted by molar-refractivity contribution is 0.0323. The Morgan fingerprint density at radius 3 is 1.43 bits per heavy atom. The van der Waals surface area contributed by atoms with Crippen LogP contribution in [0.3, 0.4) is 0 Å². The summed E-state index contributed by atoms with van der Waals surface area (Å²) in [6.45, 7) is 39.1. The summed E-state index contributed by atoms with van der Waals surface area (Å²) in [5.41, 5.74) is 0.676. The van der Waals surface area contributed by atoms with Gasteiger partial charge < -0.3 is 9.47 Å². The summed E-state index contributed by atoms with van der Waals surface area (Å²) in [7, 11) is 0. The van der Waals surface area contributed by atoms with Crippen LogP contribution in [-0.2, 0) is 32.9 Å². The van der Waals surface area contributed by atoms with Gasteiger partial charge in [0, 0.05) is 47.2 Å². The van der Waals surface area contributed by atoms with Crippen molar-refractivity contribution in [1.29, 1.82) is 0 Å². The van der Waals surface area contributed by atoms with E-state index in [-0.39, 0.29) is 27.7 Å². The fourth-order valence-electron chi connectivity index (χ4n) is 13.6. The zero-order chi connectivity index (χ0) is 63.1. The normalized spacial score (nSPS) is 17.9. The van der Waals surface area contributed by atoms with Crippen LogP contribution in [0.1, 0.15) is 253 Å². The Morgan fingerprint density at radius 1 is 0.471 bits per heavy atom. The van der Waals surface area contributed by atoms with E-state index >= 15 is 17.6 Å². The van der Waals surface area contributed by atoms with Crippen molar-refractivity contribution in [3.05, 3.63) is 79.5 Å². The SMILES string of the molecule is CCC(C)(C)c1cc2c(s1)-c1sc(-c3c(F)c(F)c(C(C)(CC)CC(C)(CC)c4cc5c(s4)-c4sc(-c6c(F)c(F)c(C(C)(C)CC)c7nsnc67)cc4C(C)(C)O5)c4nsnc34)cc1C(CCC(C)CCCC(C)C)(CCC(C)CCCC(C)C)O2. The van der Waals surface area contributed by atoms with E-state index in [1.54, 1.807) is 34.0 Å². The van der Waals surface area contributed by atoms with E-state index < -0.39 is 50.7 Å². The zero-order valence-corrected chi connectivity index (χ0v) is 59.7. The Balaban J connectivity index is 1.04. The number of halogens is 4. The van der Waals surface area contributed by atoms with Crippen molar-refractivity contribution in [3.8, 4) is 51.9 Å². The number of fused-ring (bicyclic) bond motifs is 8. The molecule has 0 amide bonds. The van der Waals surface area contributed by atoms with Gasteiger partial charge in [0.1, 0.15) is 44.8 Å². The van der Waals surface area contributed by atoms with Gasteiger partial charge in [0.2, 0.25) is 0 Å². The van der Waals surface area contributed by atoms with Crippen molar-refractivity contribution in [2.75, 3.05) is 0 Å². The summed E-state index contributed by atoms with van der Waals surface area (Å²) in [6, 6.07) is 8.49. The second-order valence-corrected chi connectivity index (χ2v) is 34.4. The Morgan fingerprint density at radius 2 is 0.920 bits per heavy atom. The molecule has 4 atom stereocenters. The molecule has 16 heteroatoms. The number of benzene rings is 2. The van der Waals surface area contributed by atoms with Gasteiger partial charge in [0.05, 0.1) is 54.1 Å². The first-order valence-corrected chi connectivity index (χ1v) is 36.9. The average molecular weight is 1300 g/mol. The lowest BCUT2D eigenvalue weighted by Gasteiger charge is -2.39. The number of ether oxygens (including phenoxy) is 2. The van der Waals surface area contributed by atoms with Gasteiger partial charge in [-0.3, -0.25) is 0 Å². The van der Waals surface area contributed by atoms with Crippen molar-refractivity contribution in [2.24, 2.45) is 23.7 Å². The molecule has 0 N–H and O–H groups in total. The molecule has 0 aliphatic carbocycles. The molecule has 10 rings (SSSR count). The van der Waals surface area contributed by atoms with Gasteiger partial charge >= 0.3 is 0 Å². The Labute approximate surface area is 540 Å². The van der Waals surface area contributed by atoms with Gasteiger partial charge in [-0.2, -0.15) is 17.5 Å². The Hall–Kier alpha value is -3.80. The van der Waals surface area contributed by atoms with Crippen LogP contribution in [0.4, 0.5) is 17.6 Å². The van der Waals surface area contributed by atoms with Gasteiger partial charge in [0.25, 0.3) is 0 Å². The smallest absolute Gasteiger partial charge is 0.170 e. The maximum atomic E-state index is 18.2. The van der Waals surface area contributed by atoms with Crippen LogP contribution in [0.15, 0.2) is 24.3 Å². The maximum Gasteiger partial charge on any atom is 0.170 e. The van der Waals surface area contributed by atoms with E-state index in [0.29, 0.717) is 86.9 Å². The van der Waals surface area contributed by atoms with Crippen LogP contribution in [-0.4, -0.2) is 17.5 Å². The molecule has 6 aromatic heterocycles. The number of nitrogens with zero attached hydrogens (tertiary/aromatic N) is 4. The summed E-state index contributed by atoms with van der Waals surface area (Å²) in [4.78, 5) is 7.52. The summed E-state index contributed by atoms with van der Waals surface area (Å²) in [5.74, 6) is 0.394. The molecule has 0 saturated carbocycles. The second kappa shape index (κ2) is 25.0. The van der Waals surface area contributed by atoms with Gasteiger partial charge in [0.15, 0.2) is 23.3 Å². The lowest BCUT2D eigenvalue weighted by atomic mass is 9.66. The van der Waals surface area contributed by atoms with Gasteiger partial charge in [-0.25, -0.2) is 17.6 Å². The number of rotatable bonds is 26. The van der Waals surface area contributed by atoms with E-state index in [2.05, 4.69) is 117 Å². The molecule has 4 unspecified atom stereocenters. The molecule has 0 bridgehead atoms. The lowest BCUT2D eigenvalue weighted by Crippen LogP contribution is -2.36. The minimum atomic E-state index is -0.922. The van der Waals surface area contributed by atoms with Crippen molar-refractivity contribution in [1.82, 2.24) is 17.5 Å². The predicted molar refractivity (Wildman–Crippen MR) is 365 cm³/mol. The molecule has 2 aliphatic heterocycles. The van der Waals surface area contributed by atoms with E-state index in [9.17, 15) is 0 Å². The summed E-state index contributed by atoms with van der Waals surface area (Å²) >= 11 is 8.36. The van der Waals surface area contributed by atoms with Gasteiger partial charge in [-0.15, -0.1) is 45.3 Å². The maximum absolute atomic E-state index is 18.2. The molecule has 0 radical (unpaired) electrons. The van der Waals surface area contributed by atoms with Crippen LogP contribution in [0.5, 0.6) is 11.5 Å². The van der Waals surface area contributed by atoms with Gasteiger partial charge in [-0.1, -0.05) is 149 Å². The largest absolute Gasteiger partial charge is 0.482 e. The molecule has 472 valence electrons. The molecule has 0 spiro atoms. The van der Waals surface area contributed by atoms with Crippen LogP contribution in [0.25, 0.3) is 62.5 Å². The Kier molecular flexibility index (Phi) is 19.0. The molecular formula is C71H92F4N4O2S6. The molecule has 87 heavy (non-hydrogen) atoms. The minimum Gasteiger partial charge on any atom is -0.482 e. The van der Waals surface area contributed by atoms with Crippen LogP contribution in [0, 0.1) is 46.9 Å². The predicted octanol–water partition coefficient (Wildman–Crippen LogP) is 24.7. The molecule has 0 saturated heterocycles. The van der Waals surface area contributed by atoms with Crippen molar-refractivity contribution < 1.29 is 27.0 Å². The highest BCUT2D eigenvalue weighted by Gasteiger charge is 2.48. The van der Waals surface area contributed by atoms with Gasteiger partial charge in [-0.05, 0) is 136 Å². The highest BCUT2D eigenvalue weighted by atomic mass is 32.1. The monoisotopic (exact) mass is 1300 g/mol. The van der Waals surface area contributed by atoms with Crippen molar-refractivity contribution >= 4 is 90.9 Å². The first kappa shape index (κ1) is 66.1. The average Bonchev–Trinajstić information content (AvgIpc) is 1.86. The topological polar surface area (TPSA) is 70.0 Å². The fourth-order valence-corrected chi connectivity index (χ4v) is 20.2. The molecule has 6 nitrogen and oxygen atoms in total. The quantitative estimate of drug-likeness (QED) is 0.0503. The molecular weight excluding hydrogens is 1210 g/mol. The van der Waals surface area contributed by atoms with Crippen LogP contribution < -0.4 is 9.47 Å². The third-order valence-electron chi connectivity index (χ3n) is 20.5.